The van der Waals surface area contributed by atoms with E-state index in [1.807, 2.05) is 17.8 Å². The second kappa shape index (κ2) is 6.16. The Hall–Kier alpha value is -2.14. The van der Waals surface area contributed by atoms with Crippen molar-refractivity contribution in [1.29, 1.82) is 0 Å². The Labute approximate surface area is 139 Å². The van der Waals surface area contributed by atoms with Crippen LogP contribution in [0.2, 0.25) is 0 Å². The molecule has 0 fully saturated rings. The van der Waals surface area contributed by atoms with Gasteiger partial charge in [-0.2, -0.15) is 5.11 Å². The zero-order chi connectivity index (χ0) is 16.4. The molecule has 3 rings (SSSR count). The van der Waals surface area contributed by atoms with Gasteiger partial charge in [-0.3, -0.25) is 0 Å². The first kappa shape index (κ1) is 15.7. The number of carboxylic acids is 1. The Morgan fingerprint density at radius 1 is 1.17 bits per heavy atom. The highest BCUT2D eigenvalue weighted by Gasteiger charge is 2.27. The van der Waals surface area contributed by atoms with E-state index in [0.717, 1.165) is 17.9 Å². The molecule has 0 saturated heterocycles. The number of benzene rings is 2. The summed E-state index contributed by atoms with van der Waals surface area (Å²) in [7, 11) is 0. The van der Waals surface area contributed by atoms with Crippen LogP contribution in [0.25, 0.3) is 0 Å². The molecule has 23 heavy (non-hydrogen) atoms. The summed E-state index contributed by atoms with van der Waals surface area (Å²) in [4.78, 5) is 12.5. The van der Waals surface area contributed by atoms with Gasteiger partial charge >= 0.3 is 5.97 Å². The molecule has 0 amide bonds. The number of thioether (sulfide) groups is 1. The lowest BCUT2D eigenvalue weighted by molar-refractivity contribution is 0.0697. The predicted octanol–water partition coefficient (Wildman–Crippen LogP) is 5.57. The fourth-order valence-corrected chi connectivity index (χ4v) is 4.13. The topological polar surface area (TPSA) is 62.0 Å². The van der Waals surface area contributed by atoms with Crippen LogP contribution in [-0.2, 0) is 5.41 Å². The lowest BCUT2D eigenvalue weighted by Gasteiger charge is -2.32. The van der Waals surface area contributed by atoms with Gasteiger partial charge in [-0.25, -0.2) is 4.79 Å². The van der Waals surface area contributed by atoms with Gasteiger partial charge in [0.05, 0.1) is 11.3 Å². The molecule has 1 aliphatic rings. The SMILES string of the molecule is CC1(C)CCSc2ccc(/N=N/c3ccccc3C(=O)O)cc21. The Bertz CT molecular complexity index is 784. The largest absolute Gasteiger partial charge is 0.478 e. The van der Waals surface area contributed by atoms with Gasteiger partial charge in [0.2, 0.25) is 0 Å². The fraction of sp³-hybridized carbons (Fsp3) is 0.278. The smallest absolute Gasteiger partial charge is 0.337 e. The predicted molar refractivity (Wildman–Crippen MR) is 92.4 cm³/mol. The van der Waals surface area contributed by atoms with Crippen molar-refractivity contribution >= 4 is 29.1 Å². The molecule has 1 heterocycles. The summed E-state index contributed by atoms with van der Waals surface area (Å²) in [6.07, 6.45) is 1.13. The van der Waals surface area contributed by atoms with Crippen LogP contribution in [-0.4, -0.2) is 16.8 Å². The average molecular weight is 326 g/mol. The molecule has 0 aromatic heterocycles. The van der Waals surface area contributed by atoms with Crippen LogP contribution in [0.5, 0.6) is 0 Å². The number of carboxylic acid groups (broad SMARTS) is 1. The van der Waals surface area contributed by atoms with E-state index in [1.54, 1.807) is 18.2 Å². The van der Waals surface area contributed by atoms with Crippen molar-refractivity contribution in [2.75, 3.05) is 5.75 Å². The number of fused-ring (bicyclic) bond motifs is 1. The van der Waals surface area contributed by atoms with E-state index < -0.39 is 5.97 Å². The number of rotatable bonds is 3. The monoisotopic (exact) mass is 326 g/mol. The normalized spacial score (nSPS) is 16.3. The maximum Gasteiger partial charge on any atom is 0.337 e. The molecule has 0 spiro atoms. The first-order chi connectivity index (χ1) is 11.0. The number of hydrogen-bond acceptors (Lipinski definition) is 4. The summed E-state index contributed by atoms with van der Waals surface area (Å²) in [5, 5.41) is 17.6. The number of nitrogens with zero attached hydrogens (tertiary/aromatic N) is 2. The second-order valence-electron chi connectivity index (χ2n) is 6.19. The molecule has 1 aliphatic heterocycles. The van der Waals surface area contributed by atoms with Crippen molar-refractivity contribution in [2.24, 2.45) is 10.2 Å². The van der Waals surface area contributed by atoms with Crippen molar-refractivity contribution in [1.82, 2.24) is 0 Å². The van der Waals surface area contributed by atoms with E-state index in [9.17, 15) is 9.90 Å². The minimum atomic E-state index is -0.998. The molecule has 0 atom stereocenters. The Morgan fingerprint density at radius 3 is 2.74 bits per heavy atom. The van der Waals surface area contributed by atoms with Gasteiger partial charge in [0, 0.05) is 4.90 Å². The van der Waals surface area contributed by atoms with Gasteiger partial charge in [-0.15, -0.1) is 16.9 Å². The number of carbonyl (C=O) groups is 1. The molecule has 0 radical (unpaired) electrons. The maximum atomic E-state index is 11.2. The first-order valence-electron chi connectivity index (χ1n) is 7.49. The third-order valence-corrected chi connectivity index (χ3v) is 5.16. The van der Waals surface area contributed by atoms with E-state index in [1.165, 1.54) is 16.5 Å². The zero-order valence-corrected chi connectivity index (χ0v) is 13.9. The summed E-state index contributed by atoms with van der Waals surface area (Å²) < 4.78 is 0. The lowest BCUT2D eigenvalue weighted by atomic mass is 9.81. The third-order valence-electron chi connectivity index (χ3n) is 4.08. The minimum Gasteiger partial charge on any atom is -0.478 e. The molecule has 0 saturated carbocycles. The van der Waals surface area contributed by atoms with Gasteiger partial charge in [0.15, 0.2) is 0 Å². The molecule has 4 nitrogen and oxygen atoms in total. The summed E-state index contributed by atoms with van der Waals surface area (Å²) in [6, 6.07) is 12.7. The molecule has 2 aromatic carbocycles. The molecule has 2 aromatic rings. The third kappa shape index (κ3) is 3.29. The summed E-state index contributed by atoms with van der Waals surface area (Å²) in [5.41, 5.74) is 2.69. The highest BCUT2D eigenvalue weighted by Crippen LogP contribution is 2.43. The van der Waals surface area contributed by atoms with Crippen LogP contribution in [0.4, 0.5) is 11.4 Å². The van der Waals surface area contributed by atoms with Crippen molar-refractivity contribution in [3.8, 4) is 0 Å². The standard InChI is InChI=1S/C18H18N2O2S/c1-18(2)9-10-23-16-8-7-12(11-14(16)18)19-20-15-6-4-3-5-13(15)17(21)22/h3-8,11H,9-10H2,1-2H3,(H,21,22)/b20-19+. The Morgan fingerprint density at radius 2 is 1.96 bits per heavy atom. The van der Waals surface area contributed by atoms with Crippen LogP contribution in [0.1, 0.15) is 36.2 Å². The molecular formula is C18H18N2O2S. The molecule has 118 valence electrons. The summed E-state index contributed by atoms with van der Waals surface area (Å²) in [5.74, 6) is 0.134. The van der Waals surface area contributed by atoms with Gasteiger partial charge in [-0.05, 0) is 53.5 Å². The van der Waals surface area contributed by atoms with E-state index in [0.29, 0.717) is 5.69 Å². The van der Waals surface area contributed by atoms with Crippen molar-refractivity contribution in [3.63, 3.8) is 0 Å². The van der Waals surface area contributed by atoms with Gasteiger partial charge in [0.25, 0.3) is 0 Å². The number of hydrogen-bond donors (Lipinski definition) is 1. The highest BCUT2D eigenvalue weighted by atomic mass is 32.2. The molecular weight excluding hydrogens is 308 g/mol. The lowest BCUT2D eigenvalue weighted by Crippen LogP contribution is -2.22. The van der Waals surface area contributed by atoms with Crippen molar-refractivity contribution < 1.29 is 9.90 Å². The van der Waals surface area contributed by atoms with Crippen LogP contribution in [0, 0.1) is 0 Å². The Kier molecular flexibility index (Phi) is 4.22. The molecule has 0 aliphatic carbocycles. The van der Waals surface area contributed by atoms with Gasteiger partial charge < -0.3 is 5.11 Å². The van der Waals surface area contributed by atoms with E-state index in [2.05, 4.69) is 36.2 Å². The van der Waals surface area contributed by atoms with E-state index >= 15 is 0 Å². The molecule has 5 heteroatoms. The molecule has 0 bridgehead atoms. The van der Waals surface area contributed by atoms with Crippen LogP contribution in [0.15, 0.2) is 57.6 Å². The average Bonchev–Trinajstić information content (AvgIpc) is 2.53. The second-order valence-corrected chi connectivity index (χ2v) is 7.32. The van der Waals surface area contributed by atoms with Crippen LogP contribution < -0.4 is 0 Å². The summed E-state index contributed by atoms with van der Waals surface area (Å²) in [6.45, 7) is 4.48. The quantitative estimate of drug-likeness (QED) is 0.750. The number of aromatic carboxylic acids is 1. The number of azo groups is 1. The molecule has 0 unspecified atom stereocenters. The van der Waals surface area contributed by atoms with Gasteiger partial charge in [0.1, 0.15) is 5.69 Å². The highest BCUT2D eigenvalue weighted by molar-refractivity contribution is 7.99. The van der Waals surface area contributed by atoms with Crippen LogP contribution in [0.3, 0.4) is 0 Å². The van der Waals surface area contributed by atoms with E-state index in [-0.39, 0.29) is 11.0 Å². The van der Waals surface area contributed by atoms with Crippen LogP contribution >= 0.6 is 11.8 Å². The Balaban J connectivity index is 1.94. The summed E-state index contributed by atoms with van der Waals surface area (Å²) >= 11 is 1.87. The van der Waals surface area contributed by atoms with Crippen molar-refractivity contribution in [3.05, 3.63) is 53.6 Å². The zero-order valence-electron chi connectivity index (χ0n) is 13.1. The fourth-order valence-electron chi connectivity index (χ4n) is 2.64. The van der Waals surface area contributed by atoms with Crippen molar-refractivity contribution in [2.45, 2.75) is 30.6 Å². The first-order valence-corrected chi connectivity index (χ1v) is 8.47. The van der Waals surface area contributed by atoms with Gasteiger partial charge in [-0.1, -0.05) is 26.0 Å². The van der Waals surface area contributed by atoms with E-state index in [4.69, 9.17) is 0 Å². The molecule has 1 N–H and O–H groups in total. The maximum absolute atomic E-state index is 11.2. The minimum absolute atomic E-state index is 0.130.